The van der Waals surface area contributed by atoms with Gasteiger partial charge in [0.05, 0.1) is 0 Å². The minimum absolute atomic E-state index is 0.285. The van der Waals surface area contributed by atoms with Crippen LogP contribution in [0.3, 0.4) is 0 Å². The van der Waals surface area contributed by atoms with E-state index in [2.05, 4.69) is 17.1 Å². The first-order valence-electron chi connectivity index (χ1n) is 4.77. The summed E-state index contributed by atoms with van der Waals surface area (Å²) in [7, 11) is 2.10. The lowest BCUT2D eigenvalue weighted by Crippen LogP contribution is -2.30. The van der Waals surface area contributed by atoms with E-state index in [9.17, 15) is 0 Å². The number of nitrogen functional groups attached to an aromatic ring is 1. The van der Waals surface area contributed by atoms with Crippen LogP contribution in [0.5, 0.6) is 0 Å². The molecule has 1 aromatic rings. The second-order valence-corrected chi connectivity index (χ2v) is 4.21. The molecule has 1 atom stereocenters. The van der Waals surface area contributed by atoms with Gasteiger partial charge in [0.1, 0.15) is 5.69 Å². The first kappa shape index (κ1) is 9.80. The van der Waals surface area contributed by atoms with Crippen molar-refractivity contribution in [3.05, 3.63) is 10.9 Å². The Kier molecular flexibility index (Phi) is 2.65. The molecule has 78 valence electrons. The number of piperidine rings is 1. The fourth-order valence-electron chi connectivity index (χ4n) is 1.96. The Bertz CT molecular complexity index is 326. The van der Waals surface area contributed by atoms with Crippen molar-refractivity contribution in [2.75, 3.05) is 25.9 Å². The molecule has 1 aromatic heterocycles. The van der Waals surface area contributed by atoms with Crippen LogP contribution in [0.15, 0.2) is 4.52 Å². The number of hydrogen-bond acceptors (Lipinski definition) is 4. The van der Waals surface area contributed by atoms with Gasteiger partial charge < -0.3 is 15.2 Å². The summed E-state index contributed by atoms with van der Waals surface area (Å²) in [5, 5.41) is 3.95. The van der Waals surface area contributed by atoms with Crippen molar-refractivity contribution in [2.24, 2.45) is 0 Å². The van der Waals surface area contributed by atoms with E-state index in [0.29, 0.717) is 11.6 Å². The van der Waals surface area contributed by atoms with Gasteiger partial charge in [0.2, 0.25) is 0 Å². The van der Waals surface area contributed by atoms with E-state index in [0.717, 1.165) is 25.3 Å². The standard InChI is InChI=1S/C9H14ClN3O/c1-13-4-2-3-6(5-13)8-7(11)9(10)12-14-8/h6H,2-5,11H2,1H3. The van der Waals surface area contributed by atoms with Crippen LogP contribution in [-0.4, -0.2) is 30.2 Å². The van der Waals surface area contributed by atoms with Gasteiger partial charge >= 0.3 is 0 Å². The van der Waals surface area contributed by atoms with Crippen molar-refractivity contribution in [3.8, 4) is 0 Å². The van der Waals surface area contributed by atoms with Crippen LogP contribution in [-0.2, 0) is 0 Å². The van der Waals surface area contributed by atoms with E-state index in [1.54, 1.807) is 0 Å². The molecule has 4 nitrogen and oxygen atoms in total. The molecule has 0 bridgehead atoms. The van der Waals surface area contributed by atoms with Crippen molar-refractivity contribution < 1.29 is 4.52 Å². The molecule has 1 fully saturated rings. The molecule has 0 spiro atoms. The number of hydrogen-bond donors (Lipinski definition) is 1. The van der Waals surface area contributed by atoms with Crippen molar-refractivity contribution >= 4 is 17.3 Å². The predicted octanol–water partition coefficient (Wildman–Crippen LogP) is 1.72. The van der Waals surface area contributed by atoms with E-state index in [1.807, 2.05) is 0 Å². The Morgan fingerprint density at radius 1 is 1.64 bits per heavy atom. The number of rotatable bonds is 1. The molecule has 2 N–H and O–H groups in total. The summed E-state index contributed by atoms with van der Waals surface area (Å²) < 4.78 is 5.15. The second-order valence-electron chi connectivity index (χ2n) is 3.85. The molecule has 2 rings (SSSR count). The number of likely N-dealkylation sites (tertiary alicyclic amines) is 1. The van der Waals surface area contributed by atoms with E-state index in [4.69, 9.17) is 21.9 Å². The topological polar surface area (TPSA) is 55.3 Å². The van der Waals surface area contributed by atoms with Crippen LogP contribution in [0.4, 0.5) is 5.69 Å². The number of nitrogens with zero attached hydrogens (tertiary/aromatic N) is 2. The predicted molar refractivity (Wildman–Crippen MR) is 55.4 cm³/mol. The molecular formula is C9H14ClN3O. The lowest BCUT2D eigenvalue weighted by molar-refractivity contribution is 0.224. The average Bonchev–Trinajstić information content (AvgIpc) is 2.48. The first-order chi connectivity index (χ1) is 6.68. The van der Waals surface area contributed by atoms with Gasteiger partial charge in [0.15, 0.2) is 10.9 Å². The smallest absolute Gasteiger partial charge is 0.195 e. The van der Waals surface area contributed by atoms with E-state index >= 15 is 0 Å². The highest BCUT2D eigenvalue weighted by molar-refractivity contribution is 6.31. The third-order valence-corrected chi connectivity index (χ3v) is 2.98. The van der Waals surface area contributed by atoms with Crippen LogP contribution in [0, 0.1) is 0 Å². The van der Waals surface area contributed by atoms with Crippen molar-refractivity contribution in [1.82, 2.24) is 10.1 Å². The minimum atomic E-state index is 0.285. The van der Waals surface area contributed by atoms with Crippen molar-refractivity contribution in [3.63, 3.8) is 0 Å². The van der Waals surface area contributed by atoms with Crippen LogP contribution in [0.25, 0.3) is 0 Å². The van der Waals surface area contributed by atoms with Gasteiger partial charge in [-0.1, -0.05) is 16.8 Å². The molecule has 0 aromatic carbocycles. The number of halogens is 1. The Labute approximate surface area is 88.0 Å². The molecule has 0 radical (unpaired) electrons. The molecular weight excluding hydrogens is 202 g/mol. The summed E-state index contributed by atoms with van der Waals surface area (Å²) in [6.07, 6.45) is 2.26. The van der Waals surface area contributed by atoms with Crippen LogP contribution in [0.1, 0.15) is 24.5 Å². The molecule has 1 aliphatic heterocycles. The molecule has 2 heterocycles. The molecule has 14 heavy (non-hydrogen) atoms. The first-order valence-corrected chi connectivity index (χ1v) is 5.15. The highest BCUT2D eigenvalue weighted by Crippen LogP contribution is 2.33. The summed E-state index contributed by atoms with van der Waals surface area (Å²) >= 11 is 5.74. The average molecular weight is 216 g/mol. The molecule has 1 saturated heterocycles. The zero-order valence-corrected chi connectivity index (χ0v) is 8.92. The highest BCUT2D eigenvalue weighted by Gasteiger charge is 2.25. The van der Waals surface area contributed by atoms with Gasteiger partial charge in [-0.3, -0.25) is 0 Å². The molecule has 5 heteroatoms. The van der Waals surface area contributed by atoms with Gasteiger partial charge in [-0.25, -0.2) is 0 Å². The van der Waals surface area contributed by atoms with Gasteiger partial charge in [-0.15, -0.1) is 0 Å². The van der Waals surface area contributed by atoms with Gasteiger partial charge in [0, 0.05) is 12.5 Å². The monoisotopic (exact) mass is 215 g/mol. The van der Waals surface area contributed by atoms with Gasteiger partial charge in [-0.05, 0) is 26.4 Å². The molecule has 0 saturated carbocycles. The number of anilines is 1. The Morgan fingerprint density at radius 3 is 3.00 bits per heavy atom. The Balaban J connectivity index is 2.18. The SMILES string of the molecule is CN1CCCC(c2onc(Cl)c2N)C1. The second kappa shape index (κ2) is 3.79. The summed E-state index contributed by atoms with van der Waals surface area (Å²) in [5.41, 5.74) is 6.28. The van der Waals surface area contributed by atoms with Crippen molar-refractivity contribution in [1.29, 1.82) is 0 Å². The largest absolute Gasteiger partial charge is 0.393 e. The normalized spacial score (nSPS) is 24.0. The quantitative estimate of drug-likeness (QED) is 0.775. The maximum absolute atomic E-state index is 5.77. The third-order valence-electron chi connectivity index (χ3n) is 2.71. The number of aromatic nitrogens is 1. The van der Waals surface area contributed by atoms with Crippen LogP contribution < -0.4 is 5.73 Å². The zero-order chi connectivity index (χ0) is 10.1. The summed E-state index contributed by atoms with van der Waals surface area (Å²) in [5.74, 6) is 1.09. The number of nitrogens with two attached hydrogens (primary N) is 1. The Hall–Kier alpha value is -0.740. The summed E-state index contributed by atoms with van der Waals surface area (Å²) in [4.78, 5) is 2.27. The van der Waals surface area contributed by atoms with Gasteiger partial charge in [-0.2, -0.15) is 0 Å². The van der Waals surface area contributed by atoms with Crippen LogP contribution in [0.2, 0.25) is 5.15 Å². The fourth-order valence-corrected chi connectivity index (χ4v) is 2.09. The Morgan fingerprint density at radius 2 is 2.43 bits per heavy atom. The molecule has 0 aliphatic carbocycles. The maximum Gasteiger partial charge on any atom is 0.195 e. The lowest BCUT2D eigenvalue weighted by Gasteiger charge is -2.28. The molecule has 1 unspecified atom stereocenters. The lowest BCUT2D eigenvalue weighted by atomic mass is 9.95. The maximum atomic E-state index is 5.77. The third kappa shape index (κ3) is 1.72. The molecule has 1 aliphatic rings. The number of likely N-dealkylation sites (N-methyl/N-ethyl adjacent to an activating group) is 1. The van der Waals surface area contributed by atoms with E-state index < -0.39 is 0 Å². The summed E-state index contributed by atoms with van der Waals surface area (Å²) in [6.45, 7) is 2.11. The van der Waals surface area contributed by atoms with Crippen LogP contribution >= 0.6 is 11.6 Å². The molecule has 0 amide bonds. The van der Waals surface area contributed by atoms with E-state index in [-0.39, 0.29) is 5.15 Å². The fraction of sp³-hybridized carbons (Fsp3) is 0.667. The van der Waals surface area contributed by atoms with E-state index in [1.165, 1.54) is 6.42 Å². The van der Waals surface area contributed by atoms with Gasteiger partial charge in [0.25, 0.3) is 0 Å². The zero-order valence-electron chi connectivity index (χ0n) is 8.16. The summed E-state index contributed by atoms with van der Waals surface area (Å²) in [6, 6.07) is 0. The van der Waals surface area contributed by atoms with Crippen molar-refractivity contribution in [2.45, 2.75) is 18.8 Å². The highest BCUT2D eigenvalue weighted by atomic mass is 35.5. The minimum Gasteiger partial charge on any atom is -0.393 e.